The van der Waals surface area contributed by atoms with Crippen LogP contribution in [0.1, 0.15) is 11.1 Å². The van der Waals surface area contributed by atoms with E-state index in [1.807, 2.05) is 78.9 Å². The summed E-state index contributed by atoms with van der Waals surface area (Å²) in [6.07, 6.45) is 1.63. The first-order valence-corrected chi connectivity index (χ1v) is 10.0. The number of aromatic hydroxyl groups is 1. The first kappa shape index (κ1) is 18.8. The van der Waals surface area contributed by atoms with E-state index in [1.54, 1.807) is 12.3 Å². The molecule has 5 aromatic rings. The van der Waals surface area contributed by atoms with Crippen LogP contribution in [0.25, 0.3) is 33.1 Å². The quantitative estimate of drug-likeness (QED) is 0.289. The van der Waals surface area contributed by atoms with Crippen LogP contribution in [0.5, 0.6) is 5.75 Å². The number of phenolic OH excluding ortho intramolecular Hbond substituents is 1. The van der Waals surface area contributed by atoms with Crippen molar-refractivity contribution in [1.82, 2.24) is 9.97 Å². The molecular formula is C26H20N4O. The highest BCUT2D eigenvalue weighted by atomic mass is 16.3. The largest absolute Gasteiger partial charge is 0.507 e. The van der Waals surface area contributed by atoms with Crippen LogP contribution in [-0.2, 0) is 0 Å². The Morgan fingerprint density at radius 3 is 2.39 bits per heavy atom. The van der Waals surface area contributed by atoms with Crippen LogP contribution in [0.3, 0.4) is 0 Å². The van der Waals surface area contributed by atoms with Crippen LogP contribution in [-0.4, -0.2) is 21.3 Å². The van der Waals surface area contributed by atoms with E-state index in [0.29, 0.717) is 17.2 Å². The standard InChI is InChI=1S/C26H20N4O/c1-17-10-12-19(13-11-17)25-28-23-9-5-4-8-21(23)26(29-25)30-27-16-22-20-7-3-2-6-18(20)14-15-24(22)31/h2-16,31H,1H3,(H,28,29,30)/b27-16+. The number of anilines is 1. The summed E-state index contributed by atoms with van der Waals surface area (Å²) in [7, 11) is 0. The predicted molar refractivity (Wildman–Crippen MR) is 127 cm³/mol. The SMILES string of the molecule is Cc1ccc(-c2nc(N/N=C/c3c(O)ccc4ccccc34)c3ccccc3n2)cc1. The molecule has 1 aromatic heterocycles. The van der Waals surface area contributed by atoms with Gasteiger partial charge in [0.1, 0.15) is 5.75 Å². The van der Waals surface area contributed by atoms with Gasteiger partial charge in [0.15, 0.2) is 11.6 Å². The fourth-order valence-electron chi connectivity index (χ4n) is 3.57. The molecule has 0 unspecified atom stereocenters. The lowest BCUT2D eigenvalue weighted by Gasteiger charge is -2.09. The molecule has 0 amide bonds. The van der Waals surface area contributed by atoms with Gasteiger partial charge in [-0.05, 0) is 35.9 Å². The second kappa shape index (κ2) is 7.88. The van der Waals surface area contributed by atoms with Gasteiger partial charge in [-0.3, -0.25) is 5.43 Å². The van der Waals surface area contributed by atoms with Gasteiger partial charge in [-0.1, -0.05) is 72.3 Å². The van der Waals surface area contributed by atoms with Crippen molar-refractivity contribution in [3.05, 3.63) is 96.1 Å². The van der Waals surface area contributed by atoms with Crippen molar-refractivity contribution in [2.24, 2.45) is 5.10 Å². The van der Waals surface area contributed by atoms with Crippen LogP contribution in [0, 0.1) is 6.92 Å². The van der Waals surface area contributed by atoms with Crippen molar-refractivity contribution in [3.63, 3.8) is 0 Å². The summed E-state index contributed by atoms with van der Waals surface area (Å²) in [6.45, 7) is 2.05. The number of aromatic nitrogens is 2. The molecule has 0 radical (unpaired) electrons. The Kier molecular flexibility index (Phi) is 4.77. The Morgan fingerprint density at radius 2 is 1.55 bits per heavy atom. The third kappa shape index (κ3) is 3.69. The van der Waals surface area contributed by atoms with E-state index in [1.165, 1.54) is 5.56 Å². The van der Waals surface area contributed by atoms with Crippen molar-refractivity contribution in [3.8, 4) is 17.1 Å². The van der Waals surface area contributed by atoms with E-state index in [2.05, 4.69) is 17.5 Å². The van der Waals surface area contributed by atoms with Crippen LogP contribution < -0.4 is 5.43 Å². The van der Waals surface area contributed by atoms with E-state index >= 15 is 0 Å². The van der Waals surface area contributed by atoms with E-state index in [0.717, 1.165) is 27.2 Å². The summed E-state index contributed by atoms with van der Waals surface area (Å²) in [5, 5.41) is 17.6. The molecule has 0 aliphatic carbocycles. The lowest BCUT2D eigenvalue weighted by molar-refractivity contribution is 0.475. The molecule has 0 atom stereocenters. The first-order valence-electron chi connectivity index (χ1n) is 10.0. The minimum Gasteiger partial charge on any atom is -0.507 e. The number of nitrogens with one attached hydrogen (secondary N) is 1. The van der Waals surface area contributed by atoms with Gasteiger partial charge in [0.2, 0.25) is 0 Å². The van der Waals surface area contributed by atoms with Gasteiger partial charge < -0.3 is 5.11 Å². The highest BCUT2D eigenvalue weighted by Gasteiger charge is 2.09. The Labute approximate surface area is 179 Å². The maximum Gasteiger partial charge on any atom is 0.162 e. The van der Waals surface area contributed by atoms with E-state index in [9.17, 15) is 5.11 Å². The van der Waals surface area contributed by atoms with E-state index < -0.39 is 0 Å². The average Bonchev–Trinajstić information content (AvgIpc) is 2.81. The Morgan fingerprint density at radius 1 is 0.806 bits per heavy atom. The molecule has 4 aromatic carbocycles. The molecular weight excluding hydrogens is 384 g/mol. The predicted octanol–water partition coefficient (Wildman–Crippen LogP) is 5.91. The summed E-state index contributed by atoms with van der Waals surface area (Å²) in [5.74, 6) is 1.42. The molecule has 0 saturated carbocycles. The van der Waals surface area contributed by atoms with Crippen LogP contribution in [0.2, 0.25) is 0 Å². The smallest absolute Gasteiger partial charge is 0.162 e. The van der Waals surface area contributed by atoms with Gasteiger partial charge in [0, 0.05) is 16.5 Å². The summed E-state index contributed by atoms with van der Waals surface area (Å²) in [6, 6.07) is 27.4. The molecule has 5 rings (SSSR count). The van der Waals surface area contributed by atoms with E-state index in [4.69, 9.17) is 9.97 Å². The zero-order chi connectivity index (χ0) is 21.2. The monoisotopic (exact) mass is 404 g/mol. The normalized spacial score (nSPS) is 11.4. The van der Waals surface area contributed by atoms with Crippen LogP contribution >= 0.6 is 0 Å². The van der Waals surface area contributed by atoms with Crippen molar-refractivity contribution in [1.29, 1.82) is 0 Å². The number of aryl methyl sites for hydroxylation is 1. The fourth-order valence-corrected chi connectivity index (χ4v) is 3.57. The van der Waals surface area contributed by atoms with Crippen molar-refractivity contribution in [2.45, 2.75) is 6.92 Å². The maximum atomic E-state index is 10.3. The number of rotatable bonds is 4. The minimum atomic E-state index is 0.178. The third-order valence-corrected chi connectivity index (χ3v) is 5.22. The molecule has 5 heteroatoms. The lowest BCUT2D eigenvalue weighted by Crippen LogP contribution is -1.99. The van der Waals surface area contributed by atoms with Gasteiger partial charge in [0.05, 0.1) is 11.7 Å². The highest BCUT2D eigenvalue weighted by Crippen LogP contribution is 2.27. The minimum absolute atomic E-state index is 0.178. The summed E-state index contributed by atoms with van der Waals surface area (Å²) < 4.78 is 0. The molecule has 0 aliphatic rings. The zero-order valence-corrected chi connectivity index (χ0v) is 16.9. The van der Waals surface area contributed by atoms with Gasteiger partial charge >= 0.3 is 0 Å². The molecule has 2 N–H and O–H groups in total. The molecule has 150 valence electrons. The molecule has 5 nitrogen and oxygen atoms in total. The zero-order valence-electron chi connectivity index (χ0n) is 16.9. The molecule has 0 bridgehead atoms. The lowest BCUT2D eigenvalue weighted by atomic mass is 10.0. The van der Waals surface area contributed by atoms with Gasteiger partial charge in [-0.2, -0.15) is 5.10 Å². The van der Waals surface area contributed by atoms with Crippen molar-refractivity contribution < 1.29 is 5.11 Å². The van der Waals surface area contributed by atoms with Gasteiger partial charge in [0.25, 0.3) is 0 Å². The van der Waals surface area contributed by atoms with Crippen molar-refractivity contribution in [2.75, 3.05) is 5.43 Å². The van der Waals surface area contributed by atoms with Crippen molar-refractivity contribution >= 4 is 33.7 Å². The van der Waals surface area contributed by atoms with Gasteiger partial charge in [-0.25, -0.2) is 9.97 Å². The molecule has 31 heavy (non-hydrogen) atoms. The molecule has 0 saturated heterocycles. The number of phenols is 1. The van der Waals surface area contributed by atoms with Crippen LogP contribution in [0.15, 0.2) is 90.0 Å². The fraction of sp³-hybridized carbons (Fsp3) is 0.0385. The highest BCUT2D eigenvalue weighted by molar-refractivity contribution is 6.02. The number of fused-ring (bicyclic) bond motifs is 2. The van der Waals surface area contributed by atoms with E-state index in [-0.39, 0.29) is 5.75 Å². The number of benzene rings is 4. The molecule has 0 fully saturated rings. The number of para-hydroxylation sites is 1. The number of hydrogen-bond donors (Lipinski definition) is 2. The van der Waals surface area contributed by atoms with Gasteiger partial charge in [-0.15, -0.1) is 0 Å². The second-order valence-electron chi connectivity index (χ2n) is 7.37. The number of hydrogen-bond acceptors (Lipinski definition) is 5. The molecule has 1 heterocycles. The maximum absolute atomic E-state index is 10.3. The third-order valence-electron chi connectivity index (χ3n) is 5.22. The summed E-state index contributed by atoms with van der Waals surface area (Å²) >= 11 is 0. The average molecular weight is 404 g/mol. The van der Waals surface area contributed by atoms with Crippen LogP contribution in [0.4, 0.5) is 5.82 Å². The Balaban J connectivity index is 1.55. The Bertz CT molecular complexity index is 1430. The topological polar surface area (TPSA) is 70.4 Å². The second-order valence-corrected chi connectivity index (χ2v) is 7.37. The summed E-state index contributed by atoms with van der Waals surface area (Å²) in [5.41, 5.74) is 6.67. The molecule has 0 aliphatic heterocycles. The molecule has 0 spiro atoms. The number of nitrogens with zero attached hydrogens (tertiary/aromatic N) is 3. The first-order chi connectivity index (χ1) is 15.2. The Hall–Kier alpha value is -4.25. The summed E-state index contributed by atoms with van der Waals surface area (Å²) in [4.78, 5) is 9.43. The number of hydrazone groups is 1.